The molecule has 0 unspecified atom stereocenters. The molecule has 27 heteroatoms. The fraction of sp³-hybridized carbons (Fsp3) is 0.312. The smallest absolute Gasteiger partial charge is 0.255 e. The van der Waals surface area contributed by atoms with E-state index in [4.69, 9.17) is 38.1 Å². The average Bonchev–Trinajstić information content (AvgIpc) is 0.962. The van der Waals surface area contributed by atoms with Gasteiger partial charge in [0.2, 0.25) is 17.7 Å². The van der Waals surface area contributed by atoms with Crippen LogP contribution < -0.4 is 70.0 Å². The predicted octanol–water partition coefficient (Wildman–Crippen LogP) is 12.4. The van der Waals surface area contributed by atoms with Gasteiger partial charge in [-0.15, -0.1) is 0 Å². The molecule has 3 aliphatic rings. The van der Waals surface area contributed by atoms with Crippen LogP contribution in [-0.4, -0.2) is 221 Å². The number of amides is 6. The molecule has 3 heterocycles. The van der Waals surface area contributed by atoms with Gasteiger partial charge >= 0.3 is 0 Å². The van der Waals surface area contributed by atoms with Gasteiger partial charge in [0.1, 0.15) is 17.2 Å². The second kappa shape index (κ2) is 49.9. The van der Waals surface area contributed by atoms with Crippen molar-refractivity contribution in [2.45, 2.75) is 112 Å². The highest BCUT2D eigenvalue weighted by molar-refractivity contribution is 6.06. The number of phenols is 1. The molecule has 12 aromatic carbocycles. The Hall–Kier alpha value is -14.7. The molecule has 27 nitrogen and oxygen atoms in total. The fourth-order valence-electron chi connectivity index (χ4n) is 18.0. The third-order valence-corrected chi connectivity index (χ3v) is 25.3. The highest BCUT2D eigenvalue weighted by atomic mass is 16.5. The Kier molecular flexibility index (Phi) is 36.2. The number of rotatable bonds is 35. The lowest BCUT2D eigenvalue weighted by Crippen LogP contribution is -2.49. The summed E-state index contributed by atoms with van der Waals surface area (Å²) >= 11 is 0. The molecule has 0 spiro atoms. The van der Waals surface area contributed by atoms with E-state index in [1.54, 1.807) is 49.5 Å². The van der Waals surface area contributed by atoms with Crippen LogP contribution >= 0.6 is 0 Å². The molecule has 0 bridgehead atoms. The van der Waals surface area contributed by atoms with Crippen molar-refractivity contribution in [1.29, 1.82) is 0 Å². The Morgan fingerprint density at radius 3 is 1.09 bits per heavy atom. The first-order valence-corrected chi connectivity index (χ1v) is 46.9. The van der Waals surface area contributed by atoms with E-state index in [0.717, 1.165) is 61.0 Å². The number of guanidine groups is 3. The van der Waals surface area contributed by atoms with Crippen molar-refractivity contribution in [2.75, 3.05) is 107 Å². The summed E-state index contributed by atoms with van der Waals surface area (Å²) in [6.07, 6.45) is 5.78. The Balaban J connectivity index is 0.000000173. The maximum absolute atomic E-state index is 14.1. The van der Waals surface area contributed by atoms with Gasteiger partial charge in [0.05, 0.1) is 37.9 Å². The summed E-state index contributed by atoms with van der Waals surface area (Å²) in [5.74, 6) is 1.44. The van der Waals surface area contributed by atoms with Gasteiger partial charge in [-0.25, -0.2) is 0 Å². The van der Waals surface area contributed by atoms with Gasteiger partial charge in [0.25, 0.3) is 17.7 Å². The van der Waals surface area contributed by atoms with Gasteiger partial charge in [-0.1, -0.05) is 249 Å². The Morgan fingerprint density at radius 1 is 0.397 bits per heavy atom. The van der Waals surface area contributed by atoms with E-state index in [0.29, 0.717) is 164 Å². The van der Waals surface area contributed by atoms with Crippen LogP contribution in [0.15, 0.2) is 306 Å². The summed E-state index contributed by atoms with van der Waals surface area (Å²) in [4.78, 5) is 102. The van der Waals surface area contributed by atoms with E-state index in [9.17, 15) is 33.9 Å². The summed E-state index contributed by atoms with van der Waals surface area (Å²) in [7, 11) is 6.87. The number of aliphatic imine (C=N–C) groups is 3. The van der Waals surface area contributed by atoms with Crippen molar-refractivity contribution in [2.24, 2.45) is 43.6 Å². The predicted molar refractivity (Wildman–Crippen MR) is 543 cm³/mol. The Labute approximate surface area is 796 Å². The molecule has 3 saturated heterocycles. The van der Waals surface area contributed by atoms with Crippen LogP contribution in [0.2, 0.25) is 0 Å². The second-order valence-corrected chi connectivity index (χ2v) is 34.9. The van der Waals surface area contributed by atoms with Crippen molar-refractivity contribution in [3.8, 4) is 17.2 Å². The molecule has 15 rings (SSSR count). The molecule has 0 aliphatic carbocycles. The third-order valence-electron chi connectivity index (χ3n) is 25.3. The molecule has 708 valence electrons. The van der Waals surface area contributed by atoms with Gasteiger partial charge < -0.3 is 94.7 Å². The Bertz CT molecular complexity index is 5900. The van der Waals surface area contributed by atoms with Crippen LogP contribution in [0.25, 0.3) is 32.3 Å². The van der Waals surface area contributed by atoms with Gasteiger partial charge in [-0.2, -0.15) is 0 Å². The summed E-state index contributed by atoms with van der Waals surface area (Å²) in [5.41, 5.74) is 36.6. The molecule has 12 aromatic rings. The van der Waals surface area contributed by atoms with Crippen LogP contribution in [-0.2, 0) is 14.4 Å². The zero-order valence-corrected chi connectivity index (χ0v) is 78.0. The quantitative estimate of drug-likeness (QED) is 0.00997. The van der Waals surface area contributed by atoms with Crippen LogP contribution in [0.3, 0.4) is 0 Å². The first-order valence-electron chi connectivity index (χ1n) is 46.9. The lowest BCUT2D eigenvalue weighted by atomic mass is 9.90. The number of methoxy groups -OCH3 is 2. The molecule has 0 saturated carbocycles. The van der Waals surface area contributed by atoms with Crippen LogP contribution in [0.4, 0.5) is 0 Å². The molecule has 0 radical (unpaired) electrons. The number of carbonyl (C=O) groups excluding carboxylic acids is 6. The van der Waals surface area contributed by atoms with Crippen molar-refractivity contribution < 1.29 is 43.3 Å². The number of fused-ring (bicyclic) bond motifs is 3. The maximum atomic E-state index is 14.1. The van der Waals surface area contributed by atoms with Gasteiger partial charge in [-0.3, -0.25) is 43.7 Å². The monoisotopic (exact) mass is 1830 g/mol. The highest BCUT2D eigenvalue weighted by Crippen LogP contribution is 2.38. The van der Waals surface area contributed by atoms with E-state index < -0.39 is 18.1 Å². The highest BCUT2D eigenvalue weighted by Gasteiger charge is 2.37. The van der Waals surface area contributed by atoms with E-state index in [-0.39, 0.29) is 89.0 Å². The van der Waals surface area contributed by atoms with E-state index in [2.05, 4.69) is 120 Å². The minimum Gasteiger partial charge on any atom is -0.508 e. The normalized spacial score (nSPS) is 16.9. The standard InChI is InChI=1S/C37H44N6O4.C37H44N6O2.C35H40N6O3/c1-46-33-22-30(34(47-2)29-17-10-9-16-28(29)33)35(44)41-23-27-19-21-43(36(45)32(42-27)18-11-20-40-37(38)39)24-31(25-12-5-3-6-13-25)26-14-7-4-8-15-26;1-42(2)37(38)39-22-11-18-34-36(45)43(26-33(28-13-5-3-6-14-28)29-15-7-4-8-16-29)23-21-32(41-34)25-40-35(44)31-20-19-27-12-9-10-17-30(27)24-31;36-35(37)38-18-7-12-32-34(44)41(23-31(24-8-3-1-4-9-24)25-10-5-2-6-11-25)19-17-29(40-32)22-39-33(43)28-14-13-27-21-30(42)16-15-26(27)20-28/h3-10,12-17,22,27,31-32,42H,11,18-21,23-24H2,1-2H3,(H,41,44)(H4,38,39,40);3-10,12-17,19-20,24,32-34,41H,11,18,21-23,25-26H2,1-2H3,(H2,38,39)(H,40,44);1-6,8-11,13-16,20-21,29,31-32,40,42H,7,12,17-19,22-23H2,(H,39,43)(H4,36,37,38)/t27-,32-;32-,34-;29-,32-/m000/s1. The number of ether oxygens (including phenoxy) is 2. The molecule has 6 atom stereocenters. The lowest BCUT2D eigenvalue weighted by Gasteiger charge is -2.29. The number of nitrogens with zero attached hydrogens (tertiary/aromatic N) is 7. The van der Waals surface area contributed by atoms with Crippen molar-refractivity contribution in [3.05, 3.63) is 341 Å². The van der Waals surface area contributed by atoms with Gasteiger partial charge in [0, 0.05) is 150 Å². The number of benzene rings is 12. The molecule has 6 amide bonds. The van der Waals surface area contributed by atoms with Crippen LogP contribution in [0, 0.1) is 0 Å². The molecule has 3 fully saturated rings. The number of hydrogen-bond acceptors (Lipinski definition) is 15. The molecule has 136 heavy (non-hydrogen) atoms. The second-order valence-electron chi connectivity index (χ2n) is 34.9. The average molecular weight is 1830 g/mol. The minimum absolute atomic E-state index is 0.00948. The first kappa shape index (κ1) is 98.8. The largest absolute Gasteiger partial charge is 0.508 e. The van der Waals surface area contributed by atoms with Crippen molar-refractivity contribution in [1.82, 2.24) is 51.5 Å². The Morgan fingerprint density at radius 2 is 0.721 bits per heavy atom. The number of aromatic hydroxyl groups is 1. The summed E-state index contributed by atoms with van der Waals surface area (Å²) in [6, 6.07) is 93.9. The topological polar surface area (TPSA) is 393 Å². The van der Waals surface area contributed by atoms with Crippen LogP contribution in [0.5, 0.6) is 17.2 Å². The van der Waals surface area contributed by atoms with Crippen molar-refractivity contribution in [3.63, 3.8) is 0 Å². The van der Waals surface area contributed by atoms with E-state index in [1.165, 1.54) is 11.1 Å². The summed E-state index contributed by atoms with van der Waals surface area (Å²) in [5, 5.41) is 35.2. The van der Waals surface area contributed by atoms with Crippen LogP contribution in [0.1, 0.15) is 140 Å². The molecular formula is C109H128N18O9. The number of nitrogens with one attached hydrogen (secondary N) is 6. The number of phenolic OH excluding ortho intramolecular Hbond substituents is 1. The van der Waals surface area contributed by atoms with Crippen molar-refractivity contribution >= 4 is 85.6 Å². The summed E-state index contributed by atoms with van der Waals surface area (Å²) < 4.78 is 11.3. The maximum Gasteiger partial charge on any atom is 0.255 e. The van der Waals surface area contributed by atoms with E-state index in [1.807, 2.05) is 217 Å². The number of carbonyl (C=O) groups is 6. The van der Waals surface area contributed by atoms with Gasteiger partial charge in [0.15, 0.2) is 17.9 Å². The minimum atomic E-state index is -0.462. The SMILES string of the molecule is CN(C)C(N)=NCCC[C@@H]1N[C@H](CNC(=O)c2ccc3ccccc3c2)CCN(CC(c2ccccc2)c2ccccc2)C1=O.COc1cc(C(=O)NC[C@@H]2CCN(CC(c3ccccc3)c3ccccc3)C(=O)[C@H](CCCN=C(N)N)N2)c(OC)c2ccccc12.NC(N)=NCCC[C@@H]1N[C@H](CNC(=O)c2ccc3cc(O)ccc3c2)CCN(CC(c2ccccc2)c2ccccc2)C1=O. The van der Waals surface area contributed by atoms with Gasteiger partial charge in [-0.05, 0) is 155 Å². The zero-order chi connectivity index (χ0) is 95.7. The number of nitrogens with two attached hydrogens (primary N) is 5. The fourth-order valence-corrected chi connectivity index (χ4v) is 18.0. The first-order chi connectivity index (χ1) is 66.1. The lowest BCUT2D eigenvalue weighted by molar-refractivity contribution is -0.133. The number of hydrogen-bond donors (Lipinski definition) is 12. The molecular weight excluding hydrogens is 1710 g/mol. The summed E-state index contributed by atoms with van der Waals surface area (Å²) in [6.45, 7) is 5.88. The third kappa shape index (κ3) is 27.8. The molecule has 0 aromatic heterocycles. The zero-order valence-electron chi connectivity index (χ0n) is 78.0. The molecule has 17 N–H and O–H groups in total. The molecule has 3 aliphatic heterocycles. The van der Waals surface area contributed by atoms with E-state index >= 15 is 0 Å².